The lowest BCUT2D eigenvalue weighted by molar-refractivity contribution is 0.629. The number of benzene rings is 2. The van der Waals surface area contributed by atoms with Gasteiger partial charge in [0.2, 0.25) is 0 Å². The molecule has 0 aliphatic heterocycles. The Balaban J connectivity index is 2.42. The predicted octanol–water partition coefficient (Wildman–Crippen LogP) is 4.20. The zero-order valence-corrected chi connectivity index (χ0v) is 12.3. The molecule has 0 saturated carbocycles. The van der Waals surface area contributed by atoms with Gasteiger partial charge in [-0.25, -0.2) is 4.39 Å². The highest BCUT2D eigenvalue weighted by molar-refractivity contribution is 9.10. The second-order valence-electron chi connectivity index (χ2n) is 4.63. The van der Waals surface area contributed by atoms with Gasteiger partial charge in [-0.1, -0.05) is 24.3 Å². The smallest absolute Gasteiger partial charge is 0.263 e. The molecule has 0 N–H and O–H groups in total. The van der Waals surface area contributed by atoms with E-state index in [1.54, 1.807) is 16.8 Å². The molecule has 1 aromatic heterocycles. The van der Waals surface area contributed by atoms with Crippen molar-refractivity contribution >= 4 is 26.7 Å². The normalized spacial score (nSPS) is 10.9. The Hall–Kier alpha value is -1.94. The van der Waals surface area contributed by atoms with Crippen molar-refractivity contribution in [1.82, 2.24) is 4.57 Å². The third-order valence-corrected chi connectivity index (χ3v) is 3.94. The number of halogens is 2. The summed E-state index contributed by atoms with van der Waals surface area (Å²) >= 11 is 3.45. The van der Waals surface area contributed by atoms with Gasteiger partial charge in [-0.05, 0) is 46.6 Å². The van der Waals surface area contributed by atoms with Crippen LogP contribution in [0.3, 0.4) is 0 Å². The summed E-state index contributed by atoms with van der Waals surface area (Å²) in [5.74, 6) is -0.413. The van der Waals surface area contributed by atoms with Crippen LogP contribution in [0.5, 0.6) is 0 Å². The summed E-state index contributed by atoms with van der Waals surface area (Å²) in [6, 6.07) is 11.8. The largest absolute Gasteiger partial charge is 0.282 e. The monoisotopic (exact) mass is 331 g/mol. The summed E-state index contributed by atoms with van der Waals surface area (Å²) in [7, 11) is 0. The van der Waals surface area contributed by atoms with Crippen LogP contribution in [0.1, 0.15) is 5.56 Å². The maximum atomic E-state index is 13.4. The maximum Gasteiger partial charge on any atom is 0.263 e. The lowest BCUT2D eigenvalue weighted by atomic mass is 10.1. The van der Waals surface area contributed by atoms with E-state index < -0.39 is 5.82 Å². The molecule has 0 amide bonds. The minimum absolute atomic E-state index is 0.225. The maximum absolute atomic E-state index is 13.4. The highest BCUT2D eigenvalue weighted by atomic mass is 79.9. The Morgan fingerprint density at radius 3 is 2.60 bits per heavy atom. The van der Waals surface area contributed by atoms with Crippen LogP contribution < -0.4 is 5.56 Å². The molecule has 0 spiro atoms. The molecular weight excluding hydrogens is 321 g/mol. The van der Waals surface area contributed by atoms with Crippen LogP contribution in [0.4, 0.5) is 4.39 Å². The first-order chi connectivity index (χ1) is 9.58. The third-order valence-electron chi connectivity index (χ3n) is 3.31. The minimum Gasteiger partial charge on any atom is -0.282 e. The number of para-hydroxylation sites is 1. The SMILES string of the molecule is Cc1ccccc1-n1cc(Br)c2ccc(F)cc2c1=O. The molecule has 100 valence electrons. The molecule has 0 saturated heterocycles. The van der Waals surface area contributed by atoms with Crippen molar-refractivity contribution in [2.45, 2.75) is 6.92 Å². The van der Waals surface area contributed by atoms with Crippen molar-refractivity contribution in [2.75, 3.05) is 0 Å². The molecule has 20 heavy (non-hydrogen) atoms. The van der Waals surface area contributed by atoms with Crippen LogP contribution in [0.15, 0.2) is 57.9 Å². The van der Waals surface area contributed by atoms with E-state index in [4.69, 9.17) is 0 Å². The average Bonchev–Trinajstić information content (AvgIpc) is 2.43. The van der Waals surface area contributed by atoms with E-state index in [9.17, 15) is 9.18 Å². The summed E-state index contributed by atoms with van der Waals surface area (Å²) in [5, 5.41) is 1.07. The number of aromatic nitrogens is 1. The fourth-order valence-corrected chi connectivity index (χ4v) is 2.84. The average molecular weight is 332 g/mol. The Kier molecular flexibility index (Phi) is 3.18. The fraction of sp³-hybridized carbons (Fsp3) is 0.0625. The molecule has 3 aromatic rings. The third kappa shape index (κ3) is 2.06. The number of nitrogens with zero attached hydrogens (tertiary/aromatic N) is 1. The highest BCUT2D eigenvalue weighted by Gasteiger charge is 2.10. The van der Waals surface area contributed by atoms with Crippen LogP contribution in [-0.2, 0) is 0 Å². The molecule has 0 atom stereocenters. The topological polar surface area (TPSA) is 22.0 Å². The zero-order chi connectivity index (χ0) is 14.3. The molecule has 2 nitrogen and oxygen atoms in total. The first-order valence-electron chi connectivity index (χ1n) is 6.14. The van der Waals surface area contributed by atoms with Crippen molar-refractivity contribution < 1.29 is 4.39 Å². The van der Waals surface area contributed by atoms with Crippen LogP contribution in [0.25, 0.3) is 16.5 Å². The van der Waals surface area contributed by atoms with Gasteiger partial charge in [-0.3, -0.25) is 9.36 Å². The molecule has 0 bridgehead atoms. The Bertz CT molecular complexity index is 870. The van der Waals surface area contributed by atoms with E-state index in [1.165, 1.54) is 12.1 Å². The first-order valence-corrected chi connectivity index (χ1v) is 6.93. The number of pyridine rings is 1. The summed E-state index contributed by atoms with van der Waals surface area (Å²) < 4.78 is 15.7. The highest BCUT2D eigenvalue weighted by Crippen LogP contribution is 2.23. The van der Waals surface area contributed by atoms with Crippen LogP contribution in [0, 0.1) is 12.7 Å². The second-order valence-corrected chi connectivity index (χ2v) is 5.48. The summed E-state index contributed by atoms with van der Waals surface area (Å²) in [6.07, 6.45) is 1.73. The summed E-state index contributed by atoms with van der Waals surface area (Å²) in [6.45, 7) is 1.94. The van der Waals surface area contributed by atoms with Gasteiger partial charge in [0, 0.05) is 16.1 Å². The van der Waals surface area contributed by atoms with Gasteiger partial charge in [0.15, 0.2) is 0 Å². The summed E-state index contributed by atoms with van der Waals surface area (Å²) in [4.78, 5) is 12.6. The van der Waals surface area contributed by atoms with Crippen LogP contribution >= 0.6 is 15.9 Å². The fourth-order valence-electron chi connectivity index (χ4n) is 2.29. The van der Waals surface area contributed by atoms with Crippen molar-refractivity contribution in [2.24, 2.45) is 0 Å². The van der Waals surface area contributed by atoms with Gasteiger partial charge in [0.05, 0.1) is 11.1 Å². The van der Waals surface area contributed by atoms with Gasteiger partial charge in [0.25, 0.3) is 5.56 Å². The van der Waals surface area contributed by atoms with Crippen LogP contribution in [0.2, 0.25) is 0 Å². The van der Waals surface area contributed by atoms with E-state index in [-0.39, 0.29) is 5.56 Å². The predicted molar refractivity (Wildman–Crippen MR) is 81.9 cm³/mol. The van der Waals surface area contributed by atoms with Gasteiger partial charge in [0.1, 0.15) is 5.82 Å². The quantitative estimate of drug-likeness (QED) is 0.655. The Labute approximate surface area is 123 Å². The first kappa shape index (κ1) is 13.1. The van der Waals surface area contributed by atoms with Crippen molar-refractivity contribution in [3.8, 4) is 5.69 Å². The molecule has 3 rings (SSSR count). The van der Waals surface area contributed by atoms with Gasteiger partial charge >= 0.3 is 0 Å². The second kappa shape index (κ2) is 4.87. The number of rotatable bonds is 1. The standard InChI is InChI=1S/C16H11BrFNO/c1-10-4-2-3-5-15(10)19-9-14(17)12-7-6-11(18)8-13(12)16(19)20/h2-9H,1H3. The number of hydrogen-bond acceptors (Lipinski definition) is 1. The van der Waals surface area contributed by atoms with Gasteiger partial charge in [-0.2, -0.15) is 0 Å². The molecule has 4 heteroatoms. The van der Waals surface area contributed by atoms with Crippen molar-refractivity contribution in [1.29, 1.82) is 0 Å². The van der Waals surface area contributed by atoms with Gasteiger partial charge in [-0.15, -0.1) is 0 Å². The van der Waals surface area contributed by atoms with Crippen LogP contribution in [-0.4, -0.2) is 4.57 Å². The Morgan fingerprint density at radius 1 is 1.10 bits per heavy atom. The van der Waals surface area contributed by atoms with E-state index in [0.29, 0.717) is 10.8 Å². The molecule has 0 aliphatic rings. The van der Waals surface area contributed by atoms with E-state index in [1.807, 2.05) is 31.2 Å². The van der Waals surface area contributed by atoms with Crippen molar-refractivity contribution in [3.63, 3.8) is 0 Å². The molecule has 1 heterocycles. The zero-order valence-electron chi connectivity index (χ0n) is 10.7. The lowest BCUT2D eigenvalue weighted by Crippen LogP contribution is -2.19. The lowest BCUT2D eigenvalue weighted by Gasteiger charge is -2.11. The number of fused-ring (bicyclic) bond motifs is 1. The van der Waals surface area contributed by atoms with Crippen molar-refractivity contribution in [3.05, 3.63) is 74.9 Å². The molecular formula is C16H11BrFNO. The molecule has 0 radical (unpaired) electrons. The number of aryl methyl sites for hydroxylation is 1. The van der Waals surface area contributed by atoms with E-state index in [0.717, 1.165) is 15.7 Å². The molecule has 2 aromatic carbocycles. The molecule has 0 unspecified atom stereocenters. The Morgan fingerprint density at radius 2 is 1.85 bits per heavy atom. The molecule has 0 fully saturated rings. The number of hydrogen-bond donors (Lipinski definition) is 0. The van der Waals surface area contributed by atoms with E-state index in [2.05, 4.69) is 15.9 Å². The summed E-state index contributed by atoms with van der Waals surface area (Å²) in [5.41, 5.74) is 1.55. The van der Waals surface area contributed by atoms with E-state index >= 15 is 0 Å². The van der Waals surface area contributed by atoms with Gasteiger partial charge < -0.3 is 0 Å². The minimum atomic E-state index is -0.413. The molecule has 0 aliphatic carbocycles.